The van der Waals surface area contributed by atoms with Crippen LogP contribution in [0.3, 0.4) is 0 Å². The smallest absolute Gasteiger partial charge is 0.271 e. The summed E-state index contributed by atoms with van der Waals surface area (Å²) in [5.74, 6) is 0.888. The van der Waals surface area contributed by atoms with E-state index in [-0.39, 0.29) is 5.91 Å². The van der Waals surface area contributed by atoms with E-state index in [0.717, 1.165) is 11.3 Å². The van der Waals surface area contributed by atoms with Gasteiger partial charge in [-0.05, 0) is 31.2 Å². The van der Waals surface area contributed by atoms with Gasteiger partial charge in [-0.15, -0.1) is 0 Å². The molecule has 0 bridgehead atoms. The first-order valence-corrected chi connectivity index (χ1v) is 7.73. The molecule has 1 unspecified atom stereocenters. The quantitative estimate of drug-likeness (QED) is 0.769. The average molecular weight is 318 g/mol. The minimum absolute atomic E-state index is 0.261. The maximum absolute atomic E-state index is 12.8. The van der Waals surface area contributed by atoms with E-state index < -0.39 is 6.10 Å². The first-order valence-electron chi connectivity index (χ1n) is 7.73. The number of pyridine rings is 1. The highest BCUT2D eigenvalue weighted by molar-refractivity contribution is 5.94. The molecule has 4 heteroatoms. The molecule has 0 fully saturated rings. The van der Waals surface area contributed by atoms with Crippen LogP contribution in [-0.4, -0.2) is 10.9 Å². The lowest BCUT2D eigenvalue weighted by molar-refractivity contribution is -0.123. The number of rotatable bonds is 5. The molecule has 0 spiro atoms. The standard InChI is InChI=1S/C20H18N2O2/c1-15-9-8-14-18(21-15)22-20(23)19(16-10-4-2-5-11-16)24-17-12-6-3-7-13-17/h2-14,19H,1H3,(H,21,22,23). The molecule has 120 valence electrons. The molecule has 1 aromatic heterocycles. The summed E-state index contributed by atoms with van der Waals surface area (Å²) in [6.07, 6.45) is -0.754. The maximum atomic E-state index is 12.8. The van der Waals surface area contributed by atoms with Gasteiger partial charge >= 0.3 is 0 Å². The molecule has 0 aliphatic rings. The van der Waals surface area contributed by atoms with Crippen molar-refractivity contribution >= 4 is 11.7 Å². The van der Waals surface area contributed by atoms with Gasteiger partial charge in [0.1, 0.15) is 11.6 Å². The highest BCUT2D eigenvalue weighted by Gasteiger charge is 2.23. The van der Waals surface area contributed by atoms with Crippen LogP contribution in [0.15, 0.2) is 78.9 Å². The fourth-order valence-corrected chi connectivity index (χ4v) is 2.34. The van der Waals surface area contributed by atoms with E-state index in [0.29, 0.717) is 11.6 Å². The zero-order valence-corrected chi connectivity index (χ0v) is 13.3. The highest BCUT2D eigenvalue weighted by Crippen LogP contribution is 2.23. The molecule has 3 aromatic rings. The third-order valence-electron chi connectivity index (χ3n) is 3.48. The van der Waals surface area contributed by atoms with Crippen molar-refractivity contribution in [1.29, 1.82) is 0 Å². The topological polar surface area (TPSA) is 51.2 Å². The monoisotopic (exact) mass is 318 g/mol. The van der Waals surface area contributed by atoms with Crippen LogP contribution in [0, 0.1) is 6.92 Å². The number of aromatic nitrogens is 1. The van der Waals surface area contributed by atoms with E-state index in [1.54, 1.807) is 6.07 Å². The zero-order chi connectivity index (χ0) is 16.8. The third kappa shape index (κ3) is 3.98. The molecule has 0 saturated carbocycles. The number of nitrogens with zero attached hydrogens (tertiary/aromatic N) is 1. The molecule has 0 radical (unpaired) electrons. The fraction of sp³-hybridized carbons (Fsp3) is 0.100. The van der Waals surface area contributed by atoms with Crippen molar-refractivity contribution in [1.82, 2.24) is 4.98 Å². The number of hydrogen-bond acceptors (Lipinski definition) is 3. The van der Waals surface area contributed by atoms with Gasteiger partial charge in [0.2, 0.25) is 6.10 Å². The van der Waals surface area contributed by atoms with Crippen molar-refractivity contribution in [2.45, 2.75) is 13.0 Å². The number of amides is 1. The normalized spacial score (nSPS) is 11.5. The predicted molar refractivity (Wildman–Crippen MR) is 93.9 cm³/mol. The Kier molecular flexibility index (Phi) is 4.87. The van der Waals surface area contributed by atoms with Crippen LogP contribution < -0.4 is 10.1 Å². The molecule has 0 saturated heterocycles. The number of carbonyl (C=O) groups is 1. The van der Waals surface area contributed by atoms with Gasteiger partial charge < -0.3 is 10.1 Å². The number of aryl methyl sites for hydroxylation is 1. The van der Waals surface area contributed by atoms with Crippen molar-refractivity contribution in [3.63, 3.8) is 0 Å². The molecule has 0 aliphatic carbocycles. The van der Waals surface area contributed by atoms with Crippen LogP contribution in [0.2, 0.25) is 0 Å². The van der Waals surface area contributed by atoms with E-state index >= 15 is 0 Å². The SMILES string of the molecule is Cc1cccc(NC(=O)C(Oc2ccccc2)c2ccccc2)n1. The molecule has 3 rings (SSSR count). The summed E-state index contributed by atoms with van der Waals surface area (Å²) in [6, 6.07) is 24.2. The number of para-hydroxylation sites is 1. The third-order valence-corrected chi connectivity index (χ3v) is 3.48. The summed E-state index contributed by atoms with van der Waals surface area (Å²) in [5, 5.41) is 2.83. The van der Waals surface area contributed by atoms with Gasteiger partial charge in [-0.25, -0.2) is 4.98 Å². The van der Waals surface area contributed by atoms with Gasteiger partial charge in [0, 0.05) is 11.3 Å². The first kappa shape index (κ1) is 15.7. The van der Waals surface area contributed by atoms with Gasteiger partial charge in [0.25, 0.3) is 5.91 Å². The second kappa shape index (κ2) is 7.42. The highest BCUT2D eigenvalue weighted by atomic mass is 16.5. The minimum Gasteiger partial charge on any atom is -0.476 e. The Bertz CT molecular complexity index is 804. The second-order valence-electron chi connectivity index (χ2n) is 5.38. The van der Waals surface area contributed by atoms with Gasteiger partial charge in [0.05, 0.1) is 0 Å². The predicted octanol–water partition coefficient (Wildman–Crippen LogP) is 4.15. The maximum Gasteiger partial charge on any atom is 0.271 e. The summed E-state index contributed by atoms with van der Waals surface area (Å²) >= 11 is 0. The summed E-state index contributed by atoms with van der Waals surface area (Å²) in [4.78, 5) is 17.1. The van der Waals surface area contributed by atoms with E-state index in [1.165, 1.54) is 0 Å². The molecule has 1 atom stereocenters. The molecule has 1 amide bonds. The molecular formula is C20H18N2O2. The van der Waals surface area contributed by atoms with Crippen molar-refractivity contribution in [2.75, 3.05) is 5.32 Å². The second-order valence-corrected chi connectivity index (χ2v) is 5.38. The zero-order valence-electron chi connectivity index (χ0n) is 13.3. The van der Waals surface area contributed by atoms with Crippen LogP contribution >= 0.6 is 0 Å². The number of benzene rings is 2. The van der Waals surface area contributed by atoms with Crippen LogP contribution in [0.5, 0.6) is 5.75 Å². The lowest BCUT2D eigenvalue weighted by Gasteiger charge is -2.19. The molecule has 1 heterocycles. The van der Waals surface area contributed by atoms with Gasteiger partial charge in [-0.1, -0.05) is 54.6 Å². The number of ether oxygens (including phenoxy) is 1. The van der Waals surface area contributed by atoms with Crippen molar-refractivity contribution < 1.29 is 9.53 Å². The summed E-state index contributed by atoms with van der Waals surface area (Å²) < 4.78 is 5.92. The lowest BCUT2D eigenvalue weighted by Crippen LogP contribution is -2.26. The van der Waals surface area contributed by atoms with Crippen molar-refractivity contribution in [3.8, 4) is 5.75 Å². The Morgan fingerprint density at radius 2 is 1.58 bits per heavy atom. The minimum atomic E-state index is -0.754. The Morgan fingerprint density at radius 3 is 2.25 bits per heavy atom. The van der Waals surface area contributed by atoms with E-state index in [2.05, 4.69) is 10.3 Å². The number of anilines is 1. The summed E-state index contributed by atoms with van der Waals surface area (Å²) in [7, 11) is 0. The summed E-state index contributed by atoms with van der Waals surface area (Å²) in [6.45, 7) is 1.88. The Hall–Kier alpha value is -3.14. The number of carbonyl (C=O) groups excluding carboxylic acids is 1. The number of hydrogen-bond donors (Lipinski definition) is 1. The largest absolute Gasteiger partial charge is 0.476 e. The molecule has 4 nitrogen and oxygen atoms in total. The van der Waals surface area contributed by atoms with Crippen molar-refractivity contribution in [2.24, 2.45) is 0 Å². The molecule has 1 N–H and O–H groups in total. The fourth-order valence-electron chi connectivity index (χ4n) is 2.34. The average Bonchev–Trinajstić information content (AvgIpc) is 2.61. The Labute approximate surface area is 141 Å². The van der Waals surface area contributed by atoms with Crippen molar-refractivity contribution in [3.05, 3.63) is 90.1 Å². The van der Waals surface area contributed by atoms with E-state index in [4.69, 9.17) is 4.74 Å². The molecule has 24 heavy (non-hydrogen) atoms. The van der Waals surface area contributed by atoms with Crippen LogP contribution in [0.25, 0.3) is 0 Å². The Balaban J connectivity index is 1.85. The molecule has 2 aromatic carbocycles. The summed E-state index contributed by atoms with van der Waals surface area (Å²) in [5.41, 5.74) is 1.62. The van der Waals surface area contributed by atoms with Crippen LogP contribution in [-0.2, 0) is 4.79 Å². The van der Waals surface area contributed by atoms with Gasteiger partial charge in [-0.2, -0.15) is 0 Å². The molecular weight excluding hydrogens is 300 g/mol. The number of nitrogens with one attached hydrogen (secondary N) is 1. The van der Waals surface area contributed by atoms with E-state index in [9.17, 15) is 4.79 Å². The Morgan fingerprint density at radius 1 is 0.917 bits per heavy atom. The van der Waals surface area contributed by atoms with E-state index in [1.807, 2.05) is 79.7 Å². The molecule has 0 aliphatic heterocycles. The first-order chi connectivity index (χ1) is 11.7. The van der Waals surface area contributed by atoms with Crippen LogP contribution in [0.1, 0.15) is 17.4 Å². The lowest BCUT2D eigenvalue weighted by atomic mass is 10.1. The van der Waals surface area contributed by atoms with Gasteiger partial charge in [0.15, 0.2) is 0 Å². The van der Waals surface area contributed by atoms with Crippen LogP contribution in [0.4, 0.5) is 5.82 Å². The van der Waals surface area contributed by atoms with Gasteiger partial charge in [-0.3, -0.25) is 4.79 Å².